The fourth-order valence-electron chi connectivity index (χ4n) is 2.25. The molecule has 0 saturated heterocycles. The summed E-state index contributed by atoms with van der Waals surface area (Å²) in [7, 11) is -4.05. The molecule has 3 N–H and O–H groups in total. The first-order chi connectivity index (χ1) is 12.7. The number of rotatable bonds is 8. The zero-order valence-electron chi connectivity index (χ0n) is 15.1. The Kier molecular flexibility index (Phi) is 6.75. The number of hydrogen-bond donors (Lipinski definition) is 2. The molecule has 9 heteroatoms. The van der Waals surface area contributed by atoms with Crippen molar-refractivity contribution in [1.82, 2.24) is 5.32 Å². The summed E-state index contributed by atoms with van der Waals surface area (Å²) in [5, 5.41) is 6.97. The van der Waals surface area contributed by atoms with Crippen molar-refractivity contribution >= 4 is 21.9 Å². The van der Waals surface area contributed by atoms with Gasteiger partial charge in [-0.25, -0.2) is 18.4 Å². The van der Waals surface area contributed by atoms with Gasteiger partial charge in [-0.1, -0.05) is 38.1 Å². The molecule has 2 rings (SSSR count). The molecule has 1 amide bonds. The maximum absolute atomic E-state index is 11.7. The van der Waals surface area contributed by atoms with Gasteiger partial charge in [-0.05, 0) is 35.6 Å². The quantitative estimate of drug-likeness (QED) is 0.654. The van der Waals surface area contributed by atoms with Crippen molar-refractivity contribution < 1.29 is 27.2 Å². The average molecular weight is 394 g/mol. The highest BCUT2D eigenvalue weighted by molar-refractivity contribution is 7.89. The maximum atomic E-state index is 11.7. The lowest BCUT2D eigenvalue weighted by Gasteiger charge is -2.08. The predicted molar refractivity (Wildman–Crippen MR) is 97.6 cm³/mol. The van der Waals surface area contributed by atoms with Gasteiger partial charge in [0.1, 0.15) is 0 Å². The molecular weight excluding hydrogens is 372 g/mol. The maximum Gasteiger partial charge on any atom is 0.374 e. The van der Waals surface area contributed by atoms with Crippen molar-refractivity contribution in [3.63, 3.8) is 0 Å². The third-order valence-corrected chi connectivity index (χ3v) is 4.56. The van der Waals surface area contributed by atoms with E-state index in [9.17, 15) is 18.0 Å². The highest BCUT2D eigenvalue weighted by atomic mass is 32.2. The molecule has 0 saturated carbocycles. The van der Waals surface area contributed by atoms with Gasteiger partial charge in [0.15, 0.2) is 6.61 Å². The second kappa shape index (κ2) is 8.83. The van der Waals surface area contributed by atoms with Gasteiger partial charge in [0.2, 0.25) is 10.9 Å². The highest BCUT2D eigenvalue weighted by Crippen LogP contribution is 2.15. The number of ether oxygens (including phenoxy) is 1. The van der Waals surface area contributed by atoms with Crippen LogP contribution < -0.4 is 10.5 Å². The van der Waals surface area contributed by atoms with Crippen LogP contribution in [0, 0.1) is 0 Å². The first-order valence-electron chi connectivity index (χ1n) is 8.32. The summed E-state index contributed by atoms with van der Waals surface area (Å²) in [5.41, 5.74) is 2.33. The minimum atomic E-state index is -4.05. The number of nitrogens with one attached hydrogen (secondary N) is 1. The predicted octanol–water partition coefficient (Wildman–Crippen LogP) is 1.57. The van der Waals surface area contributed by atoms with E-state index in [2.05, 4.69) is 31.3 Å². The monoisotopic (exact) mass is 394 g/mol. The molecule has 146 valence electrons. The van der Waals surface area contributed by atoms with Gasteiger partial charge in [-0.15, -0.1) is 0 Å². The van der Waals surface area contributed by atoms with Crippen LogP contribution in [0.3, 0.4) is 0 Å². The Hall–Kier alpha value is -2.65. The van der Waals surface area contributed by atoms with Crippen molar-refractivity contribution in [1.29, 1.82) is 0 Å². The summed E-state index contributed by atoms with van der Waals surface area (Å²) in [6.45, 7) is 4.13. The van der Waals surface area contributed by atoms with Crippen LogP contribution in [0.2, 0.25) is 0 Å². The number of benzene rings is 1. The standard InChI is InChI=1S/C18H22N2O6S/c1-12(2)14-5-3-13(4-6-14)9-10-20-16(21)11-25-18(22)15-7-8-17(26-15)27(19,23)24/h3-8,12H,9-11H2,1-2H3,(H,20,21)(H2,19,23,24). The number of sulfonamides is 1. The van der Waals surface area contributed by atoms with E-state index in [1.54, 1.807) is 0 Å². The van der Waals surface area contributed by atoms with E-state index in [1.165, 1.54) is 5.56 Å². The molecule has 0 fully saturated rings. The smallest absolute Gasteiger partial charge is 0.374 e. The zero-order chi connectivity index (χ0) is 20.0. The molecule has 0 spiro atoms. The van der Waals surface area contributed by atoms with Crippen molar-refractivity contribution in [3.8, 4) is 0 Å². The molecule has 0 radical (unpaired) electrons. The first-order valence-corrected chi connectivity index (χ1v) is 9.86. The van der Waals surface area contributed by atoms with Crippen molar-refractivity contribution in [2.75, 3.05) is 13.2 Å². The SMILES string of the molecule is CC(C)c1ccc(CCNC(=O)COC(=O)c2ccc(S(N)(=O)=O)o2)cc1. The number of primary sulfonamides is 1. The van der Waals surface area contributed by atoms with E-state index in [4.69, 9.17) is 14.3 Å². The lowest BCUT2D eigenvalue weighted by Crippen LogP contribution is -2.30. The van der Waals surface area contributed by atoms with Gasteiger partial charge in [0.05, 0.1) is 0 Å². The third kappa shape index (κ3) is 6.22. The Bertz CT molecular complexity index is 900. The number of amides is 1. The summed E-state index contributed by atoms with van der Waals surface area (Å²) in [5.74, 6) is -1.31. The molecular formula is C18H22N2O6S. The topological polar surface area (TPSA) is 129 Å². The number of hydrogen-bond acceptors (Lipinski definition) is 6. The van der Waals surface area contributed by atoms with Gasteiger partial charge in [0.25, 0.3) is 15.9 Å². The minimum Gasteiger partial charge on any atom is -0.450 e. The van der Waals surface area contributed by atoms with Gasteiger partial charge >= 0.3 is 5.97 Å². The van der Waals surface area contributed by atoms with Crippen molar-refractivity contribution in [2.24, 2.45) is 5.14 Å². The molecule has 1 heterocycles. The Balaban J connectivity index is 1.74. The van der Waals surface area contributed by atoms with Crippen molar-refractivity contribution in [2.45, 2.75) is 31.3 Å². The van der Waals surface area contributed by atoms with Gasteiger partial charge in [-0.3, -0.25) is 4.79 Å². The van der Waals surface area contributed by atoms with Crippen LogP contribution in [0.1, 0.15) is 41.4 Å². The van der Waals surface area contributed by atoms with Crippen LogP contribution in [0.4, 0.5) is 0 Å². The Morgan fingerprint density at radius 1 is 1.15 bits per heavy atom. The number of carbonyl (C=O) groups is 2. The average Bonchev–Trinajstić information content (AvgIpc) is 3.10. The van der Waals surface area contributed by atoms with E-state index >= 15 is 0 Å². The molecule has 0 aliphatic rings. The van der Waals surface area contributed by atoms with E-state index in [-0.39, 0.29) is 5.76 Å². The summed E-state index contributed by atoms with van der Waals surface area (Å²) in [6.07, 6.45) is 0.647. The lowest BCUT2D eigenvalue weighted by atomic mass is 10.0. The van der Waals surface area contributed by atoms with E-state index in [0.29, 0.717) is 18.9 Å². The normalized spacial score (nSPS) is 11.4. The number of nitrogens with two attached hydrogens (primary N) is 1. The van der Waals surface area contributed by atoms with E-state index in [0.717, 1.165) is 17.7 Å². The van der Waals surface area contributed by atoms with Gasteiger partial charge < -0.3 is 14.5 Å². The second-order valence-electron chi connectivity index (χ2n) is 6.24. The summed E-state index contributed by atoms with van der Waals surface area (Å²) >= 11 is 0. The minimum absolute atomic E-state index is 0.350. The Morgan fingerprint density at radius 3 is 2.37 bits per heavy atom. The Labute approximate surface area is 157 Å². The second-order valence-corrected chi connectivity index (χ2v) is 7.73. The van der Waals surface area contributed by atoms with Crippen molar-refractivity contribution in [3.05, 3.63) is 53.3 Å². The lowest BCUT2D eigenvalue weighted by molar-refractivity contribution is -0.124. The fraction of sp³-hybridized carbons (Fsp3) is 0.333. The molecule has 0 bridgehead atoms. The van der Waals surface area contributed by atoms with Crippen LogP contribution in [0.15, 0.2) is 45.9 Å². The van der Waals surface area contributed by atoms with E-state index < -0.39 is 33.6 Å². The zero-order valence-corrected chi connectivity index (χ0v) is 15.9. The molecule has 0 aliphatic carbocycles. The molecule has 1 aromatic carbocycles. The molecule has 0 atom stereocenters. The van der Waals surface area contributed by atoms with Gasteiger partial charge in [-0.2, -0.15) is 0 Å². The Morgan fingerprint density at radius 2 is 1.81 bits per heavy atom. The number of carbonyl (C=O) groups excluding carboxylic acids is 2. The highest BCUT2D eigenvalue weighted by Gasteiger charge is 2.19. The molecule has 0 unspecified atom stereocenters. The van der Waals surface area contributed by atoms with E-state index in [1.807, 2.05) is 12.1 Å². The molecule has 2 aromatic rings. The third-order valence-electron chi connectivity index (χ3n) is 3.78. The summed E-state index contributed by atoms with van der Waals surface area (Å²) in [4.78, 5) is 23.5. The largest absolute Gasteiger partial charge is 0.450 e. The summed E-state index contributed by atoms with van der Waals surface area (Å²) < 4.78 is 31.7. The first kappa shape index (κ1) is 20.7. The van der Waals surface area contributed by atoms with Crippen LogP contribution in [0.25, 0.3) is 0 Å². The van der Waals surface area contributed by atoms with Crippen LogP contribution in [0.5, 0.6) is 0 Å². The molecule has 0 aliphatic heterocycles. The van der Waals surface area contributed by atoms with Crippen LogP contribution >= 0.6 is 0 Å². The van der Waals surface area contributed by atoms with Crippen LogP contribution in [-0.4, -0.2) is 33.4 Å². The number of furan rings is 1. The number of esters is 1. The molecule has 1 aromatic heterocycles. The molecule has 27 heavy (non-hydrogen) atoms. The summed E-state index contributed by atoms with van der Waals surface area (Å²) in [6, 6.07) is 10.3. The van der Waals surface area contributed by atoms with Crippen LogP contribution in [-0.2, 0) is 26.0 Å². The molecule has 8 nitrogen and oxygen atoms in total. The fourth-order valence-corrected chi connectivity index (χ4v) is 2.72. The van der Waals surface area contributed by atoms with Gasteiger partial charge in [0, 0.05) is 6.54 Å².